The van der Waals surface area contributed by atoms with Gasteiger partial charge in [0, 0.05) is 17.7 Å². The quantitative estimate of drug-likeness (QED) is 0.763. The molecule has 6 heteroatoms. The van der Waals surface area contributed by atoms with Crippen LogP contribution in [0.25, 0.3) is 22.6 Å². The molecule has 6 nitrogen and oxygen atoms in total. The van der Waals surface area contributed by atoms with E-state index >= 15 is 0 Å². The molecule has 2 aromatic carbocycles. The van der Waals surface area contributed by atoms with Crippen molar-refractivity contribution in [2.45, 2.75) is 13.5 Å². The zero-order chi connectivity index (χ0) is 18.7. The van der Waals surface area contributed by atoms with Gasteiger partial charge in [0.1, 0.15) is 11.6 Å². The number of hydrogen-bond acceptors (Lipinski definition) is 4. The van der Waals surface area contributed by atoms with Crippen LogP contribution in [0.5, 0.6) is 5.75 Å². The van der Waals surface area contributed by atoms with E-state index in [1.807, 2.05) is 30.3 Å². The summed E-state index contributed by atoms with van der Waals surface area (Å²) < 4.78 is 6.71. The summed E-state index contributed by atoms with van der Waals surface area (Å²) in [6.07, 6.45) is 0. The van der Waals surface area contributed by atoms with Crippen molar-refractivity contribution >= 4 is 5.97 Å². The Morgan fingerprint density at radius 2 is 1.77 bits per heavy atom. The zero-order valence-corrected chi connectivity index (χ0v) is 14.5. The molecule has 0 atom stereocenters. The minimum atomic E-state index is -1.31. The standard InChI is InChI=1S/C20H18N2O4/c1-3-22-18(13-9-5-4-6-10-13)21-17(16(19(22)23)20(24)25)14-11-7-8-12-15(14)26-2/h4-12H,3H2,1-2H3,(H,24,25). The van der Waals surface area contributed by atoms with E-state index in [-0.39, 0.29) is 11.3 Å². The Morgan fingerprint density at radius 1 is 1.12 bits per heavy atom. The molecule has 0 unspecified atom stereocenters. The molecule has 132 valence electrons. The number of nitrogens with zero attached hydrogens (tertiary/aromatic N) is 2. The molecule has 1 N–H and O–H groups in total. The Bertz CT molecular complexity index is 1010. The molecule has 0 saturated heterocycles. The number of carbonyl (C=O) groups is 1. The molecule has 0 fully saturated rings. The van der Waals surface area contributed by atoms with Crippen LogP contribution in [0.2, 0.25) is 0 Å². The molecule has 0 spiro atoms. The maximum Gasteiger partial charge on any atom is 0.343 e. The summed E-state index contributed by atoms with van der Waals surface area (Å²) >= 11 is 0. The normalized spacial score (nSPS) is 10.5. The molecule has 0 aliphatic carbocycles. The van der Waals surface area contributed by atoms with Crippen LogP contribution in [0, 0.1) is 0 Å². The van der Waals surface area contributed by atoms with Crippen molar-refractivity contribution in [1.82, 2.24) is 9.55 Å². The van der Waals surface area contributed by atoms with Gasteiger partial charge < -0.3 is 9.84 Å². The number of ether oxygens (including phenoxy) is 1. The Labute approximate surface area is 150 Å². The maximum absolute atomic E-state index is 12.9. The van der Waals surface area contributed by atoms with Crippen molar-refractivity contribution in [3.8, 4) is 28.4 Å². The molecule has 1 aromatic heterocycles. The third kappa shape index (κ3) is 2.97. The highest BCUT2D eigenvalue weighted by Crippen LogP contribution is 2.31. The van der Waals surface area contributed by atoms with E-state index in [1.165, 1.54) is 11.7 Å². The lowest BCUT2D eigenvalue weighted by molar-refractivity contribution is 0.0694. The molecule has 0 saturated carbocycles. The molecule has 0 aliphatic rings. The molecule has 0 aliphatic heterocycles. The van der Waals surface area contributed by atoms with Crippen molar-refractivity contribution in [1.29, 1.82) is 0 Å². The van der Waals surface area contributed by atoms with Crippen LogP contribution >= 0.6 is 0 Å². The van der Waals surface area contributed by atoms with Crippen LogP contribution in [-0.4, -0.2) is 27.7 Å². The SMILES string of the molecule is CCn1c(-c2ccccc2)nc(-c2ccccc2OC)c(C(=O)O)c1=O. The predicted octanol–water partition coefficient (Wildman–Crippen LogP) is 3.30. The fourth-order valence-corrected chi connectivity index (χ4v) is 2.88. The first-order valence-electron chi connectivity index (χ1n) is 8.15. The summed E-state index contributed by atoms with van der Waals surface area (Å²) in [6.45, 7) is 2.09. The maximum atomic E-state index is 12.9. The third-order valence-corrected chi connectivity index (χ3v) is 4.09. The summed E-state index contributed by atoms with van der Waals surface area (Å²) in [6, 6.07) is 16.1. The number of rotatable bonds is 5. The first-order chi connectivity index (χ1) is 12.6. The van der Waals surface area contributed by atoms with Crippen LogP contribution in [-0.2, 0) is 6.54 Å². The smallest absolute Gasteiger partial charge is 0.343 e. The molecular weight excluding hydrogens is 332 g/mol. The van der Waals surface area contributed by atoms with Gasteiger partial charge in [-0.05, 0) is 19.1 Å². The van der Waals surface area contributed by atoms with Crippen LogP contribution in [0.15, 0.2) is 59.4 Å². The molecule has 0 bridgehead atoms. The number of carboxylic acids is 1. The summed E-state index contributed by atoms with van der Waals surface area (Å²) in [5, 5.41) is 9.66. The second-order valence-corrected chi connectivity index (χ2v) is 5.58. The van der Waals surface area contributed by atoms with E-state index < -0.39 is 11.5 Å². The number of para-hydroxylation sites is 1. The summed E-state index contributed by atoms with van der Waals surface area (Å²) in [5.74, 6) is -0.440. The first-order valence-corrected chi connectivity index (χ1v) is 8.15. The Kier molecular flexibility index (Phi) is 4.84. The van der Waals surface area contributed by atoms with Crippen LogP contribution in [0.4, 0.5) is 0 Å². The minimum absolute atomic E-state index is 0.100. The number of aromatic nitrogens is 2. The summed E-state index contributed by atoms with van der Waals surface area (Å²) in [5.41, 5.74) is 0.346. The molecule has 3 aromatic rings. The lowest BCUT2D eigenvalue weighted by atomic mass is 10.0. The molecule has 3 rings (SSSR count). The van der Waals surface area contributed by atoms with E-state index in [0.717, 1.165) is 5.56 Å². The number of benzene rings is 2. The van der Waals surface area contributed by atoms with E-state index in [4.69, 9.17) is 4.74 Å². The van der Waals surface area contributed by atoms with Gasteiger partial charge in [0.15, 0.2) is 5.56 Å². The van der Waals surface area contributed by atoms with Crippen molar-refractivity contribution in [2.24, 2.45) is 0 Å². The van der Waals surface area contributed by atoms with Gasteiger partial charge in [-0.15, -0.1) is 0 Å². The molecular formula is C20H18N2O4. The van der Waals surface area contributed by atoms with Crippen LogP contribution in [0.3, 0.4) is 0 Å². The van der Waals surface area contributed by atoms with Gasteiger partial charge in [0.2, 0.25) is 0 Å². The van der Waals surface area contributed by atoms with Gasteiger partial charge in [0.25, 0.3) is 5.56 Å². The van der Waals surface area contributed by atoms with Gasteiger partial charge in [-0.2, -0.15) is 0 Å². The largest absolute Gasteiger partial charge is 0.496 e. The molecule has 1 heterocycles. The van der Waals surface area contributed by atoms with Gasteiger partial charge >= 0.3 is 5.97 Å². The van der Waals surface area contributed by atoms with Gasteiger partial charge in [-0.3, -0.25) is 9.36 Å². The van der Waals surface area contributed by atoms with Gasteiger partial charge in [-0.1, -0.05) is 42.5 Å². The fourth-order valence-electron chi connectivity index (χ4n) is 2.88. The Hall–Kier alpha value is -3.41. The number of carboxylic acid groups (broad SMARTS) is 1. The van der Waals surface area contributed by atoms with Crippen molar-refractivity contribution < 1.29 is 14.6 Å². The van der Waals surface area contributed by atoms with Crippen LogP contribution < -0.4 is 10.3 Å². The second-order valence-electron chi connectivity index (χ2n) is 5.58. The topological polar surface area (TPSA) is 81.4 Å². The molecule has 0 amide bonds. The summed E-state index contributed by atoms with van der Waals surface area (Å²) in [4.78, 5) is 29.3. The monoisotopic (exact) mass is 350 g/mol. The van der Waals surface area contributed by atoms with E-state index in [9.17, 15) is 14.7 Å². The Balaban J connectivity index is 2.42. The Morgan fingerprint density at radius 3 is 2.38 bits per heavy atom. The lowest BCUT2D eigenvalue weighted by Gasteiger charge is -2.16. The average Bonchev–Trinajstić information content (AvgIpc) is 2.67. The fraction of sp³-hybridized carbons (Fsp3) is 0.150. The van der Waals surface area contributed by atoms with Crippen molar-refractivity contribution in [2.75, 3.05) is 7.11 Å². The highest BCUT2D eigenvalue weighted by molar-refractivity contribution is 5.95. The minimum Gasteiger partial charge on any atom is -0.496 e. The van der Waals surface area contributed by atoms with Crippen molar-refractivity contribution in [3.05, 3.63) is 70.5 Å². The third-order valence-electron chi connectivity index (χ3n) is 4.09. The van der Waals surface area contributed by atoms with E-state index in [0.29, 0.717) is 23.7 Å². The van der Waals surface area contributed by atoms with E-state index in [1.54, 1.807) is 31.2 Å². The highest BCUT2D eigenvalue weighted by Gasteiger charge is 2.24. The number of methoxy groups -OCH3 is 1. The first kappa shape index (κ1) is 17.4. The zero-order valence-electron chi connectivity index (χ0n) is 14.5. The van der Waals surface area contributed by atoms with Gasteiger partial charge in [0.05, 0.1) is 12.8 Å². The lowest BCUT2D eigenvalue weighted by Crippen LogP contribution is -2.29. The summed E-state index contributed by atoms with van der Waals surface area (Å²) in [7, 11) is 1.49. The van der Waals surface area contributed by atoms with E-state index in [2.05, 4.69) is 4.98 Å². The second kappa shape index (κ2) is 7.23. The molecule has 26 heavy (non-hydrogen) atoms. The van der Waals surface area contributed by atoms with Crippen LogP contribution in [0.1, 0.15) is 17.3 Å². The van der Waals surface area contributed by atoms with Crippen molar-refractivity contribution in [3.63, 3.8) is 0 Å². The predicted molar refractivity (Wildman–Crippen MR) is 98.6 cm³/mol. The van der Waals surface area contributed by atoms with Gasteiger partial charge in [-0.25, -0.2) is 9.78 Å². The number of hydrogen-bond donors (Lipinski definition) is 1. The average molecular weight is 350 g/mol. The highest BCUT2D eigenvalue weighted by atomic mass is 16.5. The molecule has 0 radical (unpaired) electrons. The number of aromatic carboxylic acids is 1.